The van der Waals surface area contributed by atoms with E-state index in [0.717, 1.165) is 16.4 Å². The smallest absolute Gasteiger partial charge is 0.0849 e. The first-order chi connectivity index (χ1) is 5.77. The van der Waals surface area contributed by atoms with Crippen LogP contribution in [0.4, 0.5) is 5.69 Å². The van der Waals surface area contributed by atoms with Crippen LogP contribution >= 0.6 is 11.6 Å². The van der Waals surface area contributed by atoms with E-state index in [1.54, 1.807) is 6.20 Å². The van der Waals surface area contributed by atoms with Gasteiger partial charge in [-0.25, -0.2) is 0 Å². The number of halogens is 1. The minimum Gasteiger partial charge on any atom is -0.381 e. The van der Waals surface area contributed by atoms with Crippen molar-refractivity contribution in [2.24, 2.45) is 0 Å². The molecule has 1 fully saturated rings. The largest absolute Gasteiger partial charge is 0.381 e. The van der Waals surface area contributed by atoms with E-state index in [1.807, 2.05) is 13.0 Å². The third kappa shape index (κ3) is 1.53. The summed E-state index contributed by atoms with van der Waals surface area (Å²) in [5.41, 5.74) is 1.91. The third-order valence-corrected chi connectivity index (χ3v) is 2.48. The van der Waals surface area contributed by atoms with Crippen molar-refractivity contribution >= 4 is 17.3 Å². The van der Waals surface area contributed by atoms with Gasteiger partial charge < -0.3 is 5.32 Å². The second-order valence-corrected chi connectivity index (χ2v) is 3.55. The molecule has 1 aliphatic rings. The van der Waals surface area contributed by atoms with Crippen LogP contribution in [0.5, 0.6) is 0 Å². The molecule has 1 aliphatic carbocycles. The molecule has 3 heteroatoms. The quantitative estimate of drug-likeness (QED) is 0.761. The molecule has 1 saturated carbocycles. The molecule has 1 heterocycles. The molecule has 64 valence electrons. The zero-order valence-corrected chi connectivity index (χ0v) is 7.73. The van der Waals surface area contributed by atoms with Gasteiger partial charge in [0.05, 0.1) is 16.4 Å². The highest BCUT2D eigenvalue weighted by Gasteiger charge is 2.21. The first kappa shape index (κ1) is 7.87. The number of aromatic nitrogens is 1. The minimum atomic E-state index is 0.643. The van der Waals surface area contributed by atoms with Gasteiger partial charge in [0, 0.05) is 12.2 Å². The van der Waals surface area contributed by atoms with Gasteiger partial charge in [-0.3, -0.25) is 4.98 Å². The summed E-state index contributed by atoms with van der Waals surface area (Å²) in [5.74, 6) is 0. The van der Waals surface area contributed by atoms with Crippen LogP contribution in [0, 0.1) is 6.92 Å². The molecular formula is C9H11ClN2. The Bertz CT molecular complexity index is 295. The summed E-state index contributed by atoms with van der Waals surface area (Å²) < 4.78 is 0. The number of anilines is 1. The van der Waals surface area contributed by atoms with E-state index >= 15 is 0 Å². The number of hydrogen-bond acceptors (Lipinski definition) is 2. The number of aryl methyl sites for hydroxylation is 1. The Kier molecular flexibility index (Phi) is 1.93. The molecule has 0 amide bonds. The monoisotopic (exact) mass is 182 g/mol. The van der Waals surface area contributed by atoms with E-state index in [2.05, 4.69) is 10.3 Å². The molecule has 1 aromatic rings. The molecule has 0 spiro atoms. The van der Waals surface area contributed by atoms with Gasteiger partial charge in [-0.05, 0) is 25.8 Å². The van der Waals surface area contributed by atoms with Gasteiger partial charge in [0.2, 0.25) is 0 Å². The molecule has 0 bridgehead atoms. The SMILES string of the molecule is Cc1nccc(NC2CC2)c1Cl. The summed E-state index contributed by atoms with van der Waals surface area (Å²) in [6.07, 6.45) is 4.31. The average Bonchev–Trinajstić information content (AvgIpc) is 2.83. The van der Waals surface area contributed by atoms with E-state index in [1.165, 1.54) is 12.8 Å². The highest BCUT2D eigenvalue weighted by Crippen LogP contribution is 2.29. The summed E-state index contributed by atoms with van der Waals surface area (Å²) in [5, 5.41) is 4.11. The van der Waals surface area contributed by atoms with E-state index in [4.69, 9.17) is 11.6 Å². The predicted octanol–water partition coefficient (Wildman–Crippen LogP) is 2.62. The van der Waals surface area contributed by atoms with Gasteiger partial charge in [0.1, 0.15) is 0 Å². The van der Waals surface area contributed by atoms with Crippen LogP contribution in [0.3, 0.4) is 0 Å². The Morgan fingerprint density at radius 1 is 1.58 bits per heavy atom. The zero-order valence-electron chi connectivity index (χ0n) is 6.97. The number of pyridine rings is 1. The van der Waals surface area contributed by atoms with Crippen LogP contribution in [0.1, 0.15) is 18.5 Å². The van der Waals surface area contributed by atoms with Crippen LogP contribution in [-0.4, -0.2) is 11.0 Å². The van der Waals surface area contributed by atoms with Crippen molar-refractivity contribution in [1.29, 1.82) is 0 Å². The van der Waals surface area contributed by atoms with Gasteiger partial charge in [-0.2, -0.15) is 0 Å². The maximum atomic E-state index is 6.04. The number of nitrogens with zero attached hydrogens (tertiary/aromatic N) is 1. The molecule has 1 aromatic heterocycles. The first-order valence-corrected chi connectivity index (χ1v) is 4.53. The lowest BCUT2D eigenvalue weighted by Crippen LogP contribution is -2.02. The Morgan fingerprint density at radius 2 is 2.33 bits per heavy atom. The molecule has 0 aromatic carbocycles. The second-order valence-electron chi connectivity index (χ2n) is 3.18. The summed E-state index contributed by atoms with van der Waals surface area (Å²) in [6, 6.07) is 2.57. The molecule has 0 unspecified atom stereocenters. The van der Waals surface area contributed by atoms with Crippen molar-refractivity contribution in [3.05, 3.63) is 23.0 Å². The molecule has 12 heavy (non-hydrogen) atoms. The molecule has 2 rings (SSSR count). The van der Waals surface area contributed by atoms with Crippen molar-refractivity contribution in [1.82, 2.24) is 4.98 Å². The Hall–Kier alpha value is -0.760. The van der Waals surface area contributed by atoms with Crippen molar-refractivity contribution in [3.8, 4) is 0 Å². The Morgan fingerprint density at radius 3 is 3.00 bits per heavy atom. The molecular weight excluding hydrogens is 172 g/mol. The van der Waals surface area contributed by atoms with Crippen LogP contribution in [0.2, 0.25) is 5.02 Å². The second kappa shape index (κ2) is 2.94. The van der Waals surface area contributed by atoms with Crippen LogP contribution in [-0.2, 0) is 0 Å². The molecule has 0 saturated heterocycles. The van der Waals surface area contributed by atoms with E-state index < -0.39 is 0 Å². The third-order valence-electron chi connectivity index (χ3n) is 2.00. The fourth-order valence-corrected chi connectivity index (χ4v) is 1.27. The lowest BCUT2D eigenvalue weighted by Gasteiger charge is -2.07. The maximum Gasteiger partial charge on any atom is 0.0849 e. The molecule has 1 N–H and O–H groups in total. The number of hydrogen-bond donors (Lipinski definition) is 1. The molecule has 0 radical (unpaired) electrons. The summed E-state index contributed by atoms with van der Waals surface area (Å²) in [6.45, 7) is 1.92. The summed E-state index contributed by atoms with van der Waals surface area (Å²) >= 11 is 6.04. The maximum absolute atomic E-state index is 6.04. The van der Waals surface area contributed by atoms with Gasteiger partial charge in [0.25, 0.3) is 0 Å². The number of rotatable bonds is 2. The van der Waals surface area contributed by atoms with E-state index in [9.17, 15) is 0 Å². The standard InChI is InChI=1S/C9H11ClN2/c1-6-9(10)8(4-5-11-6)12-7-2-3-7/h4-5,7H,2-3H2,1H3,(H,11,12). The molecule has 0 aliphatic heterocycles. The highest BCUT2D eigenvalue weighted by molar-refractivity contribution is 6.33. The van der Waals surface area contributed by atoms with Crippen LogP contribution in [0.15, 0.2) is 12.3 Å². The molecule has 0 atom stereocenters. The Labute approximate surface area is 77.0 Å². The lowest BCUT2D eigenvalue weighted by molar-refractivity contribution is 1.13. The fraction of sp³-hybridized carbons (Fsp3) is 0.444. The van der Waals surface area contributed by atoms with Crippen molar-refractivity contribution in [3.63, 3.8) is 0 Å². The lowest BCUT2D eigenvalue weighted by atomic mass is 10.3. The van der Waals surface area contributed by atoms with Crippen molar-refractivity contribution in [2.75, 3.05) is 5.32 Å². The zero-order chi connectivity index (χ0) is 8.55. The summed E-state index contributed by atoms with van der Waals surface area (Å²) in [4.78, 5) is 4.10. The van der Waals surface area contributed by atoms with Gasteiger partial charge in [0.15, 0.2) is 0 Å². The summed E-state index contributed by atoms with van der Waals surface area (Å²) in [7, 11) is 0. The van der Waals surface area contributed by atoms with Gasteiger partial charge in [-0.1, -0.05) is 11.6 Å². The topological polar surface area (TPSA) is 24.9 Å². The van der Waals surface area contributed by atoms with Crippen molar-refractivity contribution in [2.45, 2.75) is 25.8 Å². The van der Waals surface area contributed by atoms with Crippen LogP contribution < -0.4 is 5.32 Å². The minimum absolute atomic E-state index is 0.643. The highest BCUT2D eigenvalue weighted by atomic mass is 35.5. The first-order valence-electron chi connectivity index (χ1n) is 4.15. The average molecular weight is 183 g/mol. The fourth-order valence-electron chi connectivity index (χ4n) is 1.11. The van der Waals surface area contributed by atoms with Crippen molar-refractivity contribution < 1.29 is 0 Å². The molecule has 2 nitrogen and oxygen atoms in total. The Balaban J connectivity index is 2.23. The van der Waals surface area contributed by atoms with Gasteiger partial charge >= 0.3 is 0 Å². The van der Waals surface area contributed by atoms with Crippen LogP contribution in [0.25, 0.3) is 0 Å². The van der Waals surface area contributed by atoms with E-state index in [0.29, 0.717) is 6.04 Å². The number of nitrogens with one attached hydrogen (secondary N) is 1. The predicted molar refractivity (Wildman–Crippen MR) is 50.6 cm³/mol. The normalized spacial score (nSPS) is 16.2. The van der Waals surface area contributed by atoms with Gasteiger partial charge in [-0.15, -0.1) is 0 Å². The van der Waals surface area contributed by atoms with E-state index in [-0.39, 0.29) is 0 Å².